The molecule has 0 spiro atoms. The van der Waals surface area contributed by atoms with Crippen LogP contribution in [0, 0.1) is 6.92 Å². The molecule has 26 heavy (non-hydrogen) atoms. The lowest BCUT2D eigenvalue weighted by molar-refractivity contribution is -0.120. The van der Waals surface area contributed by atoms with E-state index >= 15 is 0 Å². The van der Waals surface area contributed by atoms with Gasteiger partial charge in [0.1, 0.15) is 6.54 Å². The van der Waals surface area contributed by atoms with Crippen LogP contribution < -0.4 is 4.90 Å². The van der Waals surface area contributed by atoms with Gasteiger partial charge in [0, 0.05) is 30.3 Å². The first-order chi connectivity index (χ1) is 12.6. The first kappa shape index (κ1) is 17.2. The van der Waals surface area contributed by atoms with Crippen molar-refractivity contribution in [3.05, 3.63) is 51.7 Å². The van der Waals surface area contributed by atoms with Crippen LogP contribution in [0.4, 0.5) is 5.69 Å². The molecule has 0 unspecified atom stereocenters. The maximum atomic E-state index is 12.8. The van der Waals surface area contributed by atoms with Gasteiger partial charge >= 0.3 is 0 Å². The number of nitrogens with zero attached hydrogens (tertiary/aromatic N) is 2. The number of carbonyl (C=O) groups is 2. The van der Waals surface area contributed by atoms with Crippen molar-refractivity contribution in [2.75, 3.05) is 31.1 Å². The summed E-state index contributed by atoms with van der Waals surface area (Å²) >= 11 is 1.49. The average Bonchev–Trinajstić information content (AvgIpc) is 3.33. The quantitative estimate of drug-likeness (QED) is 0.832. The highest BCUT2D eigenvalue weighted by Crippen LogP contribution is 2.34. The number of benzene rings is 1. The Bertz CT molecular complexity index is 826. The highest BCUT2D eigenvalue weighted by molar-refractivity contribution is 7.14. The molecule has 136 valence electrons. The third-order valence-electron chi connectivity index (χ3n) is 5.00. The molecule has 2 saturated heterocycles. The molecule has 0 N–H and O–H groups in total. The van der Waals surface area contributed by atoms with Crippen LogP contribution in [-0.2, 0) is 9.53 Å². The fourth-order valence-corrected chi connectivity index (χ4v) is 4.63. The smallest absolute Gasteiger partial charge is 0.264 e. The zero-order valence-corrected chi connectivity index (χ0v) is 15.6. The second-order valence-corrected chi connectivity index (χ2v) is 7.88. The molecular weight excluding hydrogens is 348 g/mol. The predicted octanol–water partition coefficient (Wildman–Crippen LogP) is 3.40. The van der Waals surface area contributed by atoms with Gasteiger partial charge in [-0.3, -0.25) is 9.59 Å². The zero-order chi connectivity index (χ0) is 18.1. The number of anilines is 1. The number of hydrogen-bond acceptors (Lipinski definition) is 4. The summed E-state index contributed by atoms with van der Waals surface area (Å²) in [6, 6.07) is 11.7. The molecule has 0 saturated carbocycles. The molecule has 3 heterocycles. The van der Waals surface area contributed by atoms with Crippen molar-refractivity contribution in [1.29, 1.82) is 0 Å². The Morgan fingerprint density at radius 1 is 1.19 bits per heavy atom. The van der Waals surface area contributed by atoms with Crippen molar-refractivity contribution >= 4 is 28.8 Å². The van der Waals surface area contributed by atoms with E-state index in [9.17, 15) is 9.59 Å². The highest BCUT2D eigenvalue weighted by Gasteiger charge is 2.30. The molecule has 2 fully saturated rings. The minimum atomic E-state index is -0.0583. The van der Waals surface area contributed by atoms with Gasteiger partial charge in [-0.25, -0.2) is 0 Å². The number of ether oxygens (including phenoxy) is 1. The Balaban J connectivity index is 1.44. The van der Waals surface area contributed by atoms with Gasteiger partial charge < -0.3 is 14.5 Å². The third kappa shape index (κ3) is 3.27. The monoisotopic (exact) mass is 370 g/mol. The van der Waals surface area contributed by atoms with Crippen LogP contribution in [-0.4, -0.2) is 43.0 Å². The Kier molecular flexibility index (Phi) is 4.78. The number of piperazine rings is 1. The summed E-state index contributed by atoms with van der Waals surface area (Å²) < 4.78 is 5.69. The number of hydrogen-bond donors (Lipinski definition) is 0. The van der Waals surface area contributed by atoms with Crippen LogP contribution in [0.3, 0.4) is 0 Å². The molecule has 1 atom stereocenters. The summed E-state index contributed by atoms with van der Waals surface area (Å²) in [6.45, 7) is 3.99. The third-order valence-corrected chi connectivity index (χ3v) is 6.16. The van der Waals surface area contributed by atoms with Crippen molar-refractivity contribution in [3.63, 3.8) is 0 Å². The summed E-state index contributed by atoms with van der Waals surface area (Å²) in [4.78, 5) is 30.7. The number of aryl methyl sites for hydroxylation is 1. The maximum absolute atomic E-state index is 12.8. The fraction of sp³-hybridized carbons (Fsp3) is 0.400. The van der Waals surface area contributed by atoms with Gasteiger partial charge in [0.15, 0.2) is 0 Å². The van der Waals surface area contributed by atoms with Crippen molar-refractivity contribution in [2.45, 2.75) is 25.9 Å². The molecule has 5 nitrogen and oxygen atoms in total. The molecule has 2 aliphatic rings. The molecule has 0 aliphatic carbocycles. The van der Waals surface area contributed by atoms with Crippen LogP contribution in [0.2, 0.25) is 0 Å². The molecule has 1 aromatic carbocycles. The zero-order valence-electron chi connectivity index (χ0n) is 14.8. The topological polar surface area (TPSA) is 49.9 Å². The summed E-state index contributed by atoms with van der Waals surface area (Å²) in [5.41, 5.74) is 2.00. The van der Waals surface area contributed by atoms with Crippen molar-refractivity contribution < 1.29 is 14.3 Å². The molecule has 4 rings (SSSR count). The lowest BCUT2D eigenvalue weighted by atomic mass is 10.1. The molecule has 0 bridgehead atoms. The van der Waals surface area contributed by atoms with Gasteiger partial charge in [-0.05, 0) is 43.5 Å². The van der Waals surface area contributed by atoms with Gasteiger partial charge in [-0.15, -0.1) is 11.3 Å². The van der Waals surface area contributed by atoms with Gasteiger partial charge in [0.2, 0.25) is 5.91 Å². The van der Waals surface area contributed by atoms with E-state index in [0.717, 1.165) is 35.6 Å². The number of amides is 2. The number of para-hydroxylation sites is 1. The first-order valence-corrected chi connectivity index (χ1v) is 9.82. The van der Waals surface area contributed by atoms with E-state index in [4.69, 9.17) is 4.74 Å². The van der Waals surface area contributed by atoms with Crippen LogP contribution in [0.15, 0.2) is 36.4 Å². The molecule has 2 amide bonds. The van der Waals surface area contributed by atoms with Crippen molar-refractivity contribution in [1.82, 2.24) is 4.90 Å². The lowest BCUT2D eigenvalue weighted by Gasteiger charge is -2.34. The SMILES string of the molecule is Cc1ccccc1N1CCN(C(=O)c2ccc([C@H]3CCCO3)s2)CC1=O. The van der Waals surface area contributed by atoms with E-state index in [1.807, 2.05) is 43.3 Å². The van der Waals surface area contributed by atoms with Crippen LogP contribution >= 0.6 is 11.3 Å². The van der Waals surface area contributed by atoms with Gasteiger partial charge in [0.05, 0.1) is 11.0 Å². The van der Waals surface area contributed by atoms with Gasteiger partial charge in [0.25, 0.3) is 5.91 Å². The largest absolute Gasteiger partial charge is 0.373 e. The normalized spacial score (nSPS) is 20.7. The molecule has 6 heteroatoms. The Hall–Kier alpha value is -2.18. The molecule has 2 aliphatic heterocycles. The molecule has 2 aromatic rings. The number of rotatable bonds is 3. The lowest BCUT2D eigenvalue weighted by Crippen LogP contribution is -2.52. The first-order valence-electron chi connectivity index (χ1n) is 9.00. The average molecular weight is 370 g/mol. The van der Waals surface area contributed by atoms with E-state index in [1.165, 1.54) is 11.3 Å². The van der Waals surface area contributed by atoms with E-state index in [-0.39, 0.29) is 24.5 Å². The van der Waals surface area contributed by atoms with Gasteiger partial charge in [-0.2, -0.15) is 0 Å². The Morgan fingerprint density at radius 2 is 2.04 bits per heavy atom. The minimum absolute atomic E-state index is 0.0326. The summed E-state index contributed by atoms with van der Waals surface area (Å²) in [5.74, 6) is -0.0909. The van der Waals surface area contributed by atoms with Crippen LogP contribution in [0.5, 0.6) is 0 Å². The molecular formula is C20H22N2O3S. The second-order valence-electron chi connectivity index (χ2n) is 6.76. The van der Waals surface area contributed by atoms with Crippen LogP contribution in [0.25, 0.3) is 0 Å². The highest BCUT2D eigenvalue weighted by atomic mass is 32.1. The minimum Gasteiger partial charge on any atom is -0.373 e. The fourth-order valence-electron chi connectivity index (χ4n) is 3.57. The second kappa shape index (κ2) is 7.21. The predicted molar refractivity (Wildman–Crippen MR) is 102 cm³/mol. The van der Waals surface area contributed by atoms with E-state index in [2.05, 4.69) is 0 Å². The van der Waals surface area contributed by atoms with E-state index in [1.54, 1.807) is 9.80 Å². The number of thiophene rings is 1. The molecule has 1 aromatic heterocycles. The summed E-state index contributed by atoms with van der Waals surface area (Å²) in [7, 11) is 0. The van der Waals surface area contributed by atoms with Crippen molar-refractivity contribution in [2.24, 2.45) is 0 Å². The van der Waals surface area contributed by atoms with Gasteiger partial charge in [-0.1, -0.05) is 18.2 Å². The van der Waals surface area contributed by atoms with E-state index in [0.29, 0.717) is 18.0 Å². The number of carbonyl (C=O) groups excluding carboxylic acids is 2. The maximum Gasteiger partial charge on any atom is 0.264 e. The molecule has 0 radical (unpaired) electrons. The summed E-state index contributed by atoms with van der Waals surface area (Å²) in [5, 5.41) is 0. The Labute approximate surface area is 157 Å². The standard InChI is InChI=1S/C20H22N2O3S/c1-14-5-2-3-6-15(14)22-11-10-21(13-19(22)23)20(24)18-9-8-17(26-18)16-7-4-12-25-16/h2-3,5-6,8-9,16H,4,7,10-13H2,1H3/t16-/m1/s1. The van der Waals surface area contributed by atoms with Crippen LogP contribution in [0.1, 0.15) is 39.1 Å². The van der Waals surface area contributed by atoms with E-state index < -0.39 is 0 Å². The van der Waals surface area contributed by atoms with Crippen molar-refractivity contribution in [3.8, 4) is 0 Å². The summed E-state index contributed by atoms with van der Waals surface area (Å²) in [6.07, 6.45) is 2.21. The Morgan fingerprint density at radius 3 is 2.77 bits per heavy atom.